The Morgan fingerprint density at radius 3 is 1.60 bits per heavy atom. The highest BCUT2D eigenvalue weighted by atomic mass is 19.1. The smallest absolute Gasteiger partial charge is 0.407 e. The molecule has 0 aromatic heterocycles. The molecular formula is C99H140FN11O21. The van der Waals surface area contributed by atoms with Crippen LogP contribution >= 0.6 is 0 Å². The number of halogens is 1. The topological polar surface area (TPSA) is 426 Å². The van der Waals surface area contributed by atoms with E-state index in [9.17, 15) is 24.0 Å². The SMILES string of the molecule is CCc1cc(OC)ccc1-c1ccc(C[C@H](NC(=O)C(CC(=O)OC(C)(C)C)NC(=O)C(COC(C)(C)C)NC(=O)[C@@H](NC(=O)[C@](C)(Cc2ccccc2F)NC(=O)[C@@H](NC(=O)CN)[C@@H](C)OC(C)(C)C)[C@@H](C)OC(C)(C)C)C(=O)N[C@@H](CCCc2ccc(OCCCCNC(=O)OC(C)(C)C)cc2)C(=O)NC(c2ccc(OCC(=O)NC)cc2)c2ccc(OC)cc2OC)cc1. The van der Waals surface area contributed by atoms with Crippen molar-refractivity contribution in [3.05, 3.63) is 173 Å². The molecule has 132 heavy (non-hydrogen) atoms. The molecule has 32 nitrogen and oxygen atoms in total. The van der Waals surface area contributed by atoms with Crippen molar-refractivity contribution in [3.8, 4) is 39.9 Å². The van der Waals surface area contributed by atoms with Crippen LogP contribution < -0.4 is 82.6 Å². The van der Waals surface area contributed by atoms with E-state index in [0.29, 0.717) is 84.3 Å². The number of amides is 10. The number of hydrogen-bond donors (Lipinski definition) is 11. The summed E-state index contributed by atoms with van der Waals surface area (Å²) in [5, 5.41) is 27.7. The Morgan fingerprint density at radius 1 is 0.485 bits per heavy atom. The van der Waals surface area contributed by atoms with E-state index in [2.05, 4.69) is 53.2 Å². The maximum Gasteiger partial charge on any atom is 0.407 e. The van der Waals surface area contributed by atoms with Crippen LogP contribution in [0.1, 0.15) is 203 Å². The minimum atomic E-state index is -2.18. The molecule has 3 unspecified atom stereocenters. The van der Waals surface area contributed by atoms with Crippen molar-refractivity contribution in [2.24, 2.45) is 5.73 Å². The Balaban J connectivity index is 1.46. The van der Waals surface area contributed by atoms with Gasteiger partial charge in [0.05, 0.1) is 82.6 Å². The van der Waals surface area contributed by atoms with Crippen LogP contribution in [0.2, 0.25) is 0 Å². The molecule has 0 saturated carbocycles. The third-order valence-electron chi connectivity index (χ3n) is 20.5. The van der Waals surface area contributed by atoms with E-state index >= 15 is 33.2 Å². The van der Waals surface area contributed by atoms with E-state index in [4.69, 9.17) is 53.1 Å². The summed E-state index contributed by atoms with van der Waals surface area (Å²) in [5.41, 5.74) is 3.77. The zero-order valence-electron chi connectivity index (χ0n) is 80.8. The van der Waals surface area contributed by atoms with E-state index in [1.807, 2.05) is 61.5 Å². The second-order valence-electron chi connectivity index (χ2n) is 37.5. The Kier molecular flexibility index (Phi) is 41.3. The number of methoxy groups -OCH3 is 3. The van der Waals surface area contributed by atoms with Gasteiger partial charge in [0, 0.05) is 38.1 Å². The lowest BCUT2D eigenvalue weighted by molar-refractivity contribution is -0.157. The molecule has 724 valence electrons. The third-order valence-corrected chi connectivity index (χ3v) is 20.5. The summed E-state index contributed by atoms with van der Waals surface area (Å²) in [4.78, 5) is 161. The van der Waals surface area contributed by atoms with Crippen LogP contribution in [0.4, 0.5) is 9.18 Å². The first-order valence-corrected chi connectivity index (χ1v) is 44.5. The van der Waals surface area contributed by atoms with E-state index in [-0.39, 0.29) is 37.3 Å². The highest BCUT2D eigenvalue weighted by Gasteiger charge is 2.45. The van der Waals surface area contributed by atoms with Crippen molar-refractivity contribution in [1.29, 1.82) is 0 Å². The van der Waals surface area contributed by atoms with Crippen molar-refractivity contribution in [3.63, 3.8) is 0 Å². The van der Waals surface area contributed by atoms with E-state index in [1.165, 1.54) is 60.2 Å². The van der Waals surface area contributed by atoms with E-state index in [1.54, 1.807) is 166 Å². The summed E-state index contributed by atoms with van der Waals surface area (Å²) in [6, 6.07) is 26.5. The van der Waals surface area contributed by atoms with Gasteiger partial charge >= 0.3 is 12.1 Å². The van der Waals surface area contributed by atoms with Crippen LogP contribution in [0.3, 0.4) is 0 Å². The number of carbonyl (C=O) groups is 11. The van der Waals surface area contributed by atoms with Gasteiger partial charge in [0.25, 0.3) is 5.91 Å². The Bertz CT molecular complexity index is 4830. The van der Waals surface area contributed by atoms with Crippen molar-refractivity contribution in [1.82, 2.24) is 53.2 Å². The predicted molar refractivity (Wildman–Crippen MR) is 499 cm³/mol. The van der Waals surface area contributed by atoms with Crippen LogP contribution in [0.25, 0.3) is 11.1 Å². The summed E-state index contributed by atoms with van der Waals surface area (Å²) >= 11 is 0. The number of carbonyl (C=O) groups excluding carboxylic acids is 11. The van der Waals surface area contributed by atoms with E-state index in [0.717, 1.165) is 28.3 Å². The molecule has 0 bridgehead atoms. The molecule has 0 fully saturated rings. The predicted octanol–water partition coefficient (Wildman–Crippen LogP) is 10.3. The molecule has 10 atom stereocenters. The fourth-order valence-electron chi connectivity index (χ4n) is 14.1. The molecule has 0 spiro atoms. The number of unbranched alkanes of at least 4 members (excludes halogenated alkanes) is 1. The fourth-order valence-corrected chi connectivity index (χ4v) is 14.1. The van der Waals surface area contributed by atoms with Crippen LogP contribution in [-0.2, 0) is 97.3 Å². The van der Waals surface area contributed by atoms with Gasteiger partial charge in [-0.3, -0.25) is 47.9 Å². The maximum atomic E-state index is 16.0. The van der Waals surface area contributed by atoms with Gasteiger partial charge in [0.1, 0.15) is 87.6 Å². The first-order chi connectivity index (χ1) is 61.8. The molecule has 33 heteroatoms. The third kappa shape index (κ3) is 37.0. The van der Waals surface area contributed by atoms with Gasteiger partial charge in [-0.2, -0.15) is 0 Å². The average Bonchev–Trinajstić information content (AvgIpc) is 0.817. The number of nitrogens with one attached hydrogen (secondary N) is 10. The minimum Gasteiger partial charge on any atom is -0.497 e. The van der Waals surface area contributed by atoms with Gasteiger partial charge in [0.2, 0.25) is 47.3 Å². The number of ether oxygens (including phenoxy) is 10. The summed E-state index contributed by atoms with van der Waals surface area (Å²) in [7, 11) is 6.01. The normalized spacial score (nSPS) is 14.3. The number of nitrogens with two attached hydrogens (primary N) is 1. The molecule has 10 amide bonds. The molecule has 12 N–H and O–H groups in total. The van der Waals surface area contributed by atoms with Crippen LogP contribution in [-0.4, -0.2) is 209 Å². The zero-order valence-corrected chi connectivity index (χ0v) is 80.8. The maximum absolute atomic E-state index is 16.0. The molecule has 0 radical (unpaired) electrons. The van der Waals surface area contributed by atoms with Crippen molar-refractivity contribution < 1.29 is 104 Å². The summed E-state index contributed by atoms with van der Waals surface area (Å²) in [6.45, 7) is 31.0. The second-order valence-corrected chi connectivity index (χ2v) is 37.5. The standard InChI is InChI=1S/C99H140FN11O21/c1-24-64-53-70(123-21)46-48-72(64)65-38-34-63(35-39-65)52-76(87(116)104-75(33-29-30-62-36-42-68(43-37-62)126-51-28-27-50-103-93(122)132-98(16,17)18)86(115)109-85(73-49-47-71(124-22)54-79(73)125-23)66-40-44-69(45-41-66)127-59-81(113)102-20)105-88(117)77(55-82(114)131-97(13,14)15)106-89(118)78(58-128-94(4,5)6)107-90(119)83(60(2)129-95(7,8)9)110-92(121)99(19,56-67-31-25-26-32-74(67)100)111-91(120)84(108-80(112)57-101)61(3)130-96(10,11)12/h25-26,31-32,34-49,53-54,60-61,75-78,83-85H,24,27-30,33,50-52,55-59,101H2,1-23H3,(H,102,113)(H,103,122)(H,104,116)(H,105,117)(H,106,118)(H,107,119)(H,108,112)(H,109,115)(H,110,121)(H,111,120)/t60-,61-,75+,76+,77?,78?,83+,84+,85?,99+/m1/s1. The number of aryl methyl sites for hydroxylation is 2. The van der Waals surface area contributed by atoms with Crippen molar-refractivity contribution in [2.45, 2.75) is 277 Å². The summed E-state index contributed by atoms with van der Waals surface area (Å²) in [5.74, 6) is -7.47. The second kappa shape index (κ2) is 50.1. The highest BCUT2D eigenvalue weighted by molar-refractivity contribution is 6.00. The average molecular weight is 1840 g/mol. The first kappa shape index (κ1) is 109. The van der Waals surface area contributed by atoms with Gasteiger partial charge in [0.15, 0.2) is 6.61 Å². The molecule has 6 aromatic carbocycles. The van der Waals surface area contributed by atoms with E-state index < -0.39 is 179 Å². The Hall–Kier alpha value is -11.9. The highest BCUT2D eigenvalue weighted by Crippen LogP contribution is 2.36. The molecule has 0 aliphatic rings. The van der Waals surface area contributed by atoms with Gasteiger partial charge in [-0.25, -0.2) is 9.18 Å². The largest absolute Gasteiger partial charge is 0.497 e. The molecule has 0 aliphatic heterocycles. The molecule has 0 saturated heterocycles. The van der Waals surface area contributed by atoms with Gasteiger partial charge in [-0.1, -0.05) is 79.7 Å². The molecular weight excluding hydrogens is 1700 g/mol. The minimum absolute atomic E-state index is 0.0247. The molecule has 6 aromatic rings. The number of rotatable bonds is 48. The fraction of sp³-hybridized carbons (Fsp3) is 0.525. The first-order valence-electron chi connectivity index (χ1n) is 44.5. The van der Waals surface area contributed by atoms with Crippen molar-refractivity contribution >= 4 is 65.2 Å². The lowest BCUT2D eigenvalue weighted by Gasteiger charge is -2.37. The molecule has 6 rings (SSSR count). The van der Waals surface area contributed by atoms with Gasteiger partial charge in [-0.15, -0.1) is 0 Å². The monoisotopic (exact) mass is 1840 g/mol. The summed E-state index contributed by atoms with van der Waals surface area (Å²) < 4.78 is 74.7. The number of hydrogen-bond acceptors (Lipinski definition) is 22. The van der Waals surface area contributed by atoms with Gasteiger partial charge in [-0.05, 0) is 257 Å². The quantitative estimate of drug-likeness (QED) is 0.0125. The van der Waals surface area contributed by atoms with Crippen LogP contribution in [0.5, 0.6) is 28.7 Å². The Morgan fingerprint density at radius 2 is 1.02 bits per heavy atom. The number of alkyl carbamates (subject to hydrolysis) is 1. The lowest BCUT2D eigenvalue weighted by atomic mass is 9.90. The number of benzene rings is 6. The number of likely N-dealkylation sites (N-methyl/N-ethyl adjacent to an activating group) is 1. The van der Waals surface area contributed by atoms with Crippen LogP contribution in [0, 0.1) is 5.82 Å². The van der Waals surface area contributed by atoms with Crippen molar-refractivity contribution in [2.75, 3.05) is 61.3 Å². The zero-order chi connectivity index (χ0) is 98.2. The molecule has 0 aliphatic carbocycles. The van der Waals surface area contributed by atoms with Gasteiger partial charge < -0.3 is 106 Å². The Labute approximate surface area is 776 Å². The molecule has 0 heterocycles. The van der Waals surface area contributed by atoms with Crippen LogP contribution in [0.15, 0.2) is 133 Å². The lowest BCUT2D eigenvalue weighted by Crippen LogP contribution is -2.67. The summed E-state index contributed by atoms with van der Waals surface area (Å²) in [6.07, 6.45) is -2.02. The number of esters is 1.